The summed E-state index contributed by atoms with van der Waals surface area (Å²) in [7, 11) is 2.06. The lowest BCUT2D eigenvalue weighted by Gasteiger charge is -2.25. The van der Waals surface area contributed by atoms with Crippen LogP contribution in [0.5, 0.6) is 0 Å². The van der Waals surface area contributed by atoms with Crippen LogP contribution in [0.15, 0.2) is 0 Å². The van der Waals surface area contributed by atoms with Crippen molar-refractivity contribution < 1.29 is 0 Å². The molecule has 74 valence electrons. The van der Waals surface area contributed by atoms with Gasteiger partial charge in [-0.25, -0.2) is 0 Å². The SMILES string of the molecule is C#CCCC(NC)C1CCCC1C. The monoisotopic (exact) mass is 179 g/mol. The topological polar surface area (TPSA) is 12.0 Å². The second-order valence-electron chi connectivity index (χ2n) is 4.21. The molecule has 0 saturated heterocycles. The highest BCUT2D eigenvalue weighted by Crippen LogP contribution is 2.34. The van der Waals surface area contributed by atoms with Gasteiger partial charge < -0.3 is 5.32 Å². The summed E-state index contributed by atoms with van der Waals surface area (Å²) in [6.07, 6.45) is 11.5. The summed E-state index contributed by atoms with van der Waals surface area (Å²) in [6.45, 7) is 2.37. The van der Waals surface area contributed by atoms with Crippen LogP contribution in [0, 0.1) is 24.2 Å². The van der Waals surface area contributed by atoms with Crippen molar-refractivity contribution in [3.8, 4) is 12.3 Å². The first-order valence-corrected chi connectivity index (χ1v) is 5.40. The molecule has 0 aliphatic heterocycles. The highest BCUT2D eigenvalue weighted by atomic mass is 14.9. The lowest BCUT2D eigenvalue weighted by Crippen LogP contribution is -2.34. The Morgan fingerprint density at radius 1 is 1.54 bits per heavy atom. The normalized spacial score (nSPS) is 29.9. The molecule has 1 N–H and O–H groups in total. The molecule has 3 atom stereocenters. The van der Waals surface area contributed by atoms with Crippen molar-refractivity contribution in [3.63, 3.8) is 0 Å². The fraction of sp³-hybridized carbons (Fsp3) is 0.833. The molecule has 1 rings (SSSR count). The van der Waals surface area contributed by atoms with Crippen molar-refractivity contribution in [2.45, 2.75) is 45.1 Å². The zero-order valence-corrected chi connectivity index (χ0v) is 8.84. The second kappa shape index (κ2) is 5.29. The Bertz CT molecular complexity index is 180. The van der Waals surface area contributed by atoms with Crippen molar-refractivity contribution in [1.29, 1.82) is 0 Å². The minimum absolute atomic E-state index is 0.647. The van der Waals surface area contributed by atoms with E-state index in [1.165, 1.54) is 19.3 Å². The number of rotatable bonds is 4. The van der Waals surface area contributed by atoms with E-state index in [1.54, 1.807) is 0 Å². The van der Waals surface area contributed by atoms with Crippen LogP contribution in [-0.2, 0) is 0 Å². The molecule has 0 amide bonds. The van der Waals surface area contributed by atoms with Crippen molar-refractivity contribution in [1.82, 2.24) is 5.32 Å². The standard InChI is InChI=1S/C12H21N/c1-4-5-9-12(13-3)11-8-6-7-10(11)2/h1,10-13H,5-9H2,2-3H3. The van der Waals surface area contributed by atoms with E-state index < -0.39 is 0 Å². The van der Waals surface area contributed by atoms with Gasteiger partial charge in [0.15, 0.2) is 0 Å². The highest BCUT2D eigenvalue weighted by Gasteiger charge is 2.29. The van der Waals surface area contributed by atoms with Gasteiger partial charge in [0.2, 0.25) is 0 Å². The average Bonchev–Trinajstić information content (AvgIpc) is 2.54. The highest BCUT2D eigenvalue weighted by molar-refractivity contribution is 4.90. The van der Waals surface area contributed by atoms with Gasteiger partial charge in [-0.05, 0) is 31.7 Å². The van der Waals surface area contributed by atoms with E-state index in [2.05, 4.69) is 25.2 Å². The van der Waals surface area contributed by atoms with Crippen molar-refractivity contribution in [2.75, 3.05) is 7.05 Å². The molecule has 1 fully saturated rings. The lowest BCUT2D eigenvalue weighted by molar-refractivity contribution is 0.298. The van der Waals surface area contributed by atoms with E-state index in [-0.39, 0.29) is 0 Å². The fourth-order valence-electron chi connectivity index (χ4n) is 2.58. The Balaban J connectivity index is 2.41. The fourth-order valence-corrected chi connectivity index (χ4v) is 2.58. The van der Waals surface area contributed by atoms with Gasteiger partial charge >= 0.3 is 0 Å². The minimum atomic E-state index is 0.647. The summed E-state index contributed by atoms with van der Waals surface area (Å²) in [5.74, 6) is 4.47. The van der Waals surface area contributed by atoms with Crippen LogP contribution in [0.3, 0.4) is 0 Å². The molecule has 0 aromatic carbocycles. The molecule has 0 spiro atoms. The van der Waals surface area contributed by atoms with Crippen LogP contribution < -0.4 is 5.32 Å². The average molecular weight is 179 g/mol. The first-order valence-electron chi connectivity index (χ1n) is 5.40. The molecule has 1 aliphatic carbocycles. The van der Waals surface area contributed by atoms with Crippen molar-refractivity contribution in [3.05, 3.63) is 0 Å². The Labute approximate surface area is 82.3 Å². The van der Waals surface area contributed by atoms with E-state index in [1.807, 2.05) is 0 Å². The maximum absolute atomic E-state index is 5.29. The maximum atomic E-state index is 5.29. The summed E-state index contributed by atoms with van der Waals surface area (Å²) in [6, 6.07) is 0.647. The molecule has 1 saturated carbocycles. The zero-order valence-electron chi connectivity index (χ0n) is 8.84. The van der Waals surface area contributed by atoms with Crippen molar-refractivity contribution >= 4 is 0 Å². The molecule has 0 aromatic heterocycles. The first-order chi connectivity index (χ1) is 6.29. The smallest absolute Gasteiger partial charge is 0.0104 e. The minimum Gasteiger partial charge on any atom is -0.317 e. The van der Waals surface area contributed by atoms with Crippen LogP contribution in [0.4, 0.5) is 0 Å². The molecule has 1 heteroatoms. The predicted molar refractivity (Wildman–Crippen MR) is 57.4 cm³/mol. The lowest BCUT2D eigenvalue weighted by atomic mass is 9.88. The molecular formula is C12H21N. The molecule has 0 bridgehead atoms. The summed E-state index contributed by atoms with van der Waals surface area (Å²) in [5, 5.41) is 3.41. The van der Waals surface area contributed by atoms with E-state index >= 15 is 0 Å². The van der Waals surface area contributed by atoms with E-state index in [0.717, 1.165) is 24.7 Å². The van der Waals surface area contributed by atoms with Gasteiger partial charge in [0, 0.05) is 12.5 Å². The predicted octanol–water partition coefficient (Wildman–Crippen LogP) is 2.42. The molecule has 1 aliphatic rings. The van der Waals surface area contributed by atoms with Gasteiger partial charge in [-0.2, -0.15) is 0 Å². The summed E-state index contributed by atoms with van der Waals surface area (Å²) in [4.78, 5) is 0. The Morgan fingerprint density at radius 2 is 2.31 bits per heavy atom. The third-order valence-corrected chi connectivity index (χ3v) is 3.42. The maximum Gasteiger partial charge on any atom is 0.0104 e. The summed E-state index contributed by atoms with van der Waals surface area (Å²) < 4.78 is 0. The Hall–Kier alpha value is -0.480. The third-order valence-electron chi connectivity index (χ3n) is 3.42. The first kappa shape index (κ1) is 10.6. The van der Waals surface area contributed by atoms with Crippen molar-refractivity contribution in [2.24, 2.45) is 11.8 Å². The van der Waals surface area contributed by atoms with Gasteiger partial charge in [-0.3, -0.25) is 0 Å². The zero-order chi connectivity index (χ0) is 9.68. The van der Waals surface area contributed by atoms with E-state index in [9.17, 15) is 0 Å². The molecule has 3 unspecified atom stereocenters. The van der Waals surface area contributed by atoms with Crippen LogP contribution in [0.2, 0.25) is 0 Å². The summed E-state index contributed by atoms with van der Waals surface area (Å²) >= 11 is 0. The number of nitrogens with one attached hydrogen (secondary N) is 1. The summed E-state index contributed by atoms with van der Waals surface area (Å²) in [5.41, 5.74) is 0. The van der Waals surface area contributed by atoms with Crippen LogP contribution in [0.1, 0.15) is 39.0 Å². The molecule has 0 heterocycles. The van der Waals surface area contributed by atoms with Gasteiger partial charge in [-0.15, -0.1) is 12.3 Å². The largest absolute Gasteiger partial charge is 0.317 e. The van der Waals surface area contributed by atoms with E-state index in [4.69, 9.17) is 6.42 Å². The van der Waals surface area contributed by atoms with Gasteiger partial charge in [0.1, 0.15) is 0 Å². The van der Waals surface area contributed by atoms with Crippen LogP contribution in [-0.4, -0.2) is 13.1 Å². The molecule has 0 aromatic rings. The second-order valence-corrected chi connectivity index (χ2v) is 4.21. The van der Waals surface area contributed by atoms with E-state index in [0.29, 0.717) is 6.04 Å². The van der Waals surface area contributed by atoms with Crippen LogP contribution in [0.25, 0.3) is 0 Å². The number of terminal acetylenes is 1. The Kier molecular flexibility index (Phi) is 4.32. The Morgan fingerprint density at radius 3 is 2.77 bits per heavy atom. The van der Waals surface area contributed by atoms with Gasteiger partial charge in [0.05, 0.1) is 0 Å². The quantitative estimate of drug-likeness (QED) is 0.654. The molecular weight excluding hydrogens is 158 g/mol. The van der Waals surface area contributed by atoms with Gasteiger partial charge in [-0.1, -0.05) is 19.8 Å². The molecule has 13 heavy (non-hydrogen) atoms. The third kappa shape index (κ3) is 2.74. The van der Waals surface area contributed by atoms with Gasteiger partial charge in [0.25, 0.3) is 0 Å². The van der Waals surface area contributed by atoms with Crippen LogP contribution >= 0.6 is 0 Å². The molecule has 1 nitrogen and oxygen atoms in total. The number of hydrogen-bond acceptors (Lipinski definition) is 1. The molecule has 0 radical (unpaired) electrons. The number of hydrogen-bond donors (Lipinski definition) is 1.